The number of Topliss-reactive ketones (excluding diaryl/α,β-unsaturated/α-hetero) is 1. The van der Waals surface area contributed by atoms with Crippen molar-refractivity contribution in [2.24, 2.45) is 5.73 Å². The third kappa shape index (κ3) is 7.49. The minimum absolute atomic E-state index is 0.0882. The Morgan fingerprint density at radius 2 is 1.66 bits per heavy atom. The summed E-state index contributed by atoms with van der Waals surface area (Å²) in [5.41, 5.74) is 2.80. The fourth-order valence-electron chi connectivity index (χ4n) is 2.32. The molecule has 164 valence electrons. The number of esters is 2. The summed E-state index contributed by atoms with van der Waals surface area (Å²) in [4.78, 5) is 73.3. The molecule has 0 fully saturated rings. The van der Waals surface area contributed by atoms with Gasteiger partial charge in [0.15, 0.2) is 5.78 Å². The van der Waals surface area contributed by atoms with Gasteiger partial charge < -0.3 is 30.7 Å². The Balaban J connectivity index is 5.87. The van der Waals surface area contributed by atoms with E-state index in [-0.39, 0.29) is 13.2 Å². The van der Waals surface area contributed by atoms with E-state index in [1.807, 2.05) is 0 Å². The fourth-order valence-corrected chi connectivity index (χ4v) is 2.32. The number of carbonyl (C=O) groups excluding carboxylic acids is 6. The molecule has 1 atom stereocenters. The molecule has 0 saturated heterocycles. The van der Waals surface area contributed by atoms with Crippen molar-refractivity contribution in [2.75, 3.05) is 33.9 Å². The first kappa shape index (κ1) is 26.0. The van der Waals surface area contributed by atoms with E-state index in [0.29, 0.717) is 11.4 Å². The van der Waals surface area contributed by atoms with Crippen LogP contribution in [-0.2, 0) is 38.2 Å². The number of amides is 3. The van der Waals surface area contributed by atoms with E-state index in [0.717, 1.165) is 14.2 Å². The van der Waals surface area contributed by atoms with Gasteiger partial charge in [-0.25, -0.2) is 0 Å². The van der Waals surface area contributed by atoms with Gasteiger partial charge in [-0.1, -0.05) is 6.92 Å². The quantitative estimate of drug-likeness (QED) is 0.171. The Kier molecular flexibility index (Phi) is 11.1. The molecule has 4 N–H and O–H groups in total. The van der Waals surface area contributed by atoms with Crippen LogP contribution >= 0.6 is 0 Å². The lowest BCUT2D eigenvalue weighted by molar-refractivity contribution is -0.160. The molecule has 0 aliphatic carbocycles. The Morgan fingerprint density at radius 3 is 2.14 bits per heavy atom. The van der Waals surface area contributed by atoms with Crippen LogP contribution in [0.1, 0.15) is 33.1 Å². The molecule has 0 aliphatic rings. The van der Waals surface area contributed by atoms with E-state index in [1.54, 1.807) is 13.8 Å². The Bertz CT molecular complexity index is 651. The molecule has 0 bridgehead atoms. The number of rotatable bonds is 13. The summed E-state index contributed by atoms with van der Waals surface area (Å²) in [6.45, 7) is 3.55. The zero-order valence-corrected chi connectivity index (χ0v) is 17.0. The van der Waals surface area contributed by atoms with Gasteiger partial charge in [-0.3, -0.25) is 28.8 Å². The minimum atomic E-state index is -2.59. The molecule has 29 heavy (non-hydrogen) atoms. The van der Waals surface area contributed by atoms with Gasteiger partial charge in [-0.05, 0) is 13.5 Å². The molecule has 0 aliphatic heterocycles. The SMILES string of the molecule is CCNCC(=O)NC(C(N)=O)(C(=O)CCC(=O)OCC)N(C)C(=O)CC(=O)OC. The standard InChI is InChI=1S/C17H28N4O8/c1-5-19-10-12(23)20-17(16(18)27,11(22)7-8-14(25)29-6-2)21(3)13(24)9-15(26)28-4/h19H,5-10H2,1-4H3,(H2,18,27)(H,20,23). The number of carbonyl (C=O) groups is 6. The first-order valence-electron chi connectivity index (χ1n) is 8.90. The summed E-state index contributed by atoms with van der Waals surface area (Å²) in [5, 5.41) is 4.87. The number of nitrogens with one attached hydrogen (secondary N) is 2. The number of likely N-dealkylation sites (N-methyl/N-ethyl adjacent to an activating group) is 2. The summed E-state index contributed by atoms with van der Waals surface area (Å²) in [7, 11) is 2.09. The van der Waals surface area contributed by atoms with Gasteiger partial charge in [0, 0.05) is 13.5 Å². The monoisotopic (exact) mass is 416 g/mol. The summed E-state index contributed by atoms with van der Waals surface area (Å²) < 4.78 is 9.13. The molecule has 0 aromatic carbocycles. The van der Waals surface area contributed by atoms with Crippen LogP contribution in [0.2, 0.25) is 0 Å². The lowest BCUT2D eigenvalue weighted by atomic mass is 9.96. The first-order chi connectivity index (χ1) is 13.6. The zero-order chi connectivity index (χ0) is 22.6. The Morgan fingerprint density at radius 1 is 1.03 bits per heavy atom. The van der Waals surface area contributed by atoms with Crippen LogP contribution < -0.4 is 16.4 Å². The second-order valence-electron chi connectivity index (χ2n) is 5.84. The Labute approximate surface area is 168 Å². The third-order valence-corrected chi connectivity index (χ3v) is 3.88. The van der Waals surface area contributed by atoms with Crippen molar-refractivity contribution < 1.29 is 38.2 Å². The highest BCUT2D eigenvalue weighted by atomic mass is 16.5. The number of nitrogens with zero attached hydrogens (tertiary/aromatic N) is 1. The van der Waals surface area contributed by atoms with E-state index in [1.165, 1.54) is 0 Å². The summed E-state index contributed by atoms with van der Waals surface area (Å²) in [6, 6.07) is 0. The zero-order valence-electron chi connectivity index (χ0n) is 17.0. The number of nitrogens with two attached hydrogens (primary N) is 1. The van der Waals surface area contributed by atoms with Gasteiger partial charge in [0.05, 0.1) is 26.7 Å². The van der Waals surface area contributed by atoms with Crippen molar-refractivity contribution in [1.82, 2.24) is 15.5 Å². The van der Waals surface area contributed by atoms with E-state index >= 15 is 0 Å². The highest BCUT2D eigenvalue weighted by Crippen LogP contribution is 2.17. The van der Waals surface area contributed by atoms with Crippen LogP contribution in [0, 0.1) is 0 Å². The predicted molar refractivity (Wildman–Crippen MR) is 98.9 cm³/mol. The molecule has 0 heterocycles. The topological polar surface area (TPSA) is 174 Å². The molecule has 0 rings (SSSR count). The predicted octanol–water partition coefficient (Wildman–Crippen LogP) is -2.17. The third-order valence-electron chi connectivity index (χ3n) is 3.88. The number of ketones is 1. The number of ether oxygens (including phenoxy) is 2. The van der Waals surface area contributed by atoms with E-state index in [4.69, 9.17) is 10.5 Å². The number of methoxy groups -OCH3 is 1. The Hall–Kier alpha value is -3.02. The minimum Gasteiger partial charge on any atom is -0.469 e. The lowest BCUT2D eigenvalue weighted by Crippen LogP contribution is -2.73. The molecule has 1 unspecified atom stereocenters. The van der Waals surface area contributed by atoms with E-state index in [9.17, 15) is 28.8 Å². The van der Waals surface area contributed by atoms with E-state index < -0.39 is 60.4 Å². The van der Waals surface area contributed by atoms with Crippen molar-refractivity contribution in [3.8, 4) is 0 Å². The average Bonchev–Trinajstić information content (AvgIpc) is 2.67. The maximum Gasteiger partial charge on any atom is 0.315 e. The summed E-state index contributed by atoms with van der Waals surface area (Å²) in [5.74, 6) is -5.78. The second kappa shape index (κ2) is 12.4. The smallest absolute Gasteiger partial charge is 0.315 e. The van der Waals surface area contributed by atoms with Gasteiger partial charge in [0.2, 0.25) is 11.8 Å². The molecular weight excluding hydrogens is 388 g/mol. The fraction of sp³-hybridized carbons (Fsp3) is 0.647. The van der Waals surface area contributed by atoms with Gasteiger partial charge in [-0.2, -0.15) is 0 Å². The van der Waals surface area contributed by atoms with E-state index in [2.05, 4.69) is 15.4 Å². The highest BCUT2D eigenvalue weighted by molar-refractivity contribution is 6.15. The van der Waals surface area contributed by atoms with Crippen molar-refractivity contribution in [3.63, 3.8) is 0 Å². The van der Waals surface area contributed by atoms with Gasteiger partial charge >= 0.3 is 11.9 Å². The molecule has 3 amide bonds. The van der Waals surface area contributed by atoms with Crippen LogP contribution in [0.15, 0.2) is 0 Å². The molecule has 0 aromatic rings. The van der Waals surface area contributed by atoms with Crippen molar-refractivity contribution in [2.45, 2.75) is 38.8 Å². The maximum absolute atomic E-state index is 12.9. The van der Waals surface area contributed by atoms with Gasteiger partial charge in [0.1, 0.15) is 6.42 Å². The molecule has 0 spiro atoms. The van der Waals surface area contributed by atoms with Crippen LogP contribution in [0.5, 0.6) is 0 Å². The second-order valence-corrected chi connectivity index (χ2v) is 5.84. The normalized spacial score (nSPS) is 12.3. The van der Waals surface area contributed by atoms with Crippen molar-refractivity contribution in [1.29, 1.82) is 0 Å². The van der Waals surface area contributed by atoms with Crippen LogP contribution in [0.4, 0.5) is 0 Å². The van der Waals surface area contributed by atoms with Crippen molar-refractivity contribution >= 4 is 35.4 Å². The van der Waals surface area contributed by atoms with Gasteiger partial charge in [-0.15, -0.1) is 0 Å². The number of hydrogen-bond acceptors (Lipinski definition) is 9. The van der Waals surface area contributed by atoms with Gasteiger partial charge in [0.25, 0.3) is 11.6 Å². The first-order valence-corrected chi connectivity index (χ1v) is 8.90. The van der Waals surface area contributed by atoms with Crippen LogP contribution in [-0.4, -0.2) is 79.9 Å². The lowest BCUT2D eigenvalue weighted by Gasteiger charge is -2.38. The average molecular weight is 416 g/mol. The number of hydrogen-bond donors (Lipinski definition) is 3. The molecule has 0 saturated carbocycles. The molecule has 12 nitrogen and oxygen atoms in total. The summed E-state index contributed by atoms with van der Waals surface area (Å²) in [6.07, 6.45) is -1.74. The van der Waals surface area contributed by atoms with Crippen molar-refractivity contribution in [3.05, 3.63) is 0 Å². The van der Waals surface area contributed by atoms with Crippen LogP contribution in [0.3, 0.4) is 0 Å². The highest BCUT2D eigenvalue weighted by Gasteiger charge is 2.51. The molecule has 0 aromatic heterocycles. The number of primary amides is 1. The maximum atomic E-state index is 12.9. The van der Waals surface area contributed by atoms with Crippen LogP contribution in [0.25, 0.3) is 0 Å². The largest absolute Gasteiger partial charge is 0.469 e. The summed E-state index contributed by atoms with van der Waals surface area (Å²) >= 11 is 0. The molecule has 12 heteroatoms. The molecule has 0 radical (unpaired) electrons. The molecular formula is C17H28N4O8.